The predicted octanol–water partition coefficient (Wildman–Crippen LogP) is 5.68. The Morgan fingerprint density at radius 1 is 0.840 bits per heavy atom. The minimum absolute atomic E-state index is 0.284. The van der Waals surface area contributed by atoms with Gasteiger partial charge in [0, 0.05) is 19.0 Å². The van der Waals surface area contributed by atoms with Crippen molar-refractivity contribution in [2.75, 3.05) is 19.6 Å². The molecule has 1 unspecified atom stereocenters. The summed E-state index contributed by atoms with van der Waals surface area (Å²) < 4.78 is 0. The first-order valence-electron chi connectivity index (χ1n) is 11.3. The van der Waals surface area contributed by atoms with Crippen molar-refractivity contribution in [1.82, 2.24) is 10.2 Å². The molecular formula is C22H44N2O. The lowest BCUT2D eigenvalue weighted by Gasteiger charge is -2.24. The molecule has 0 aromatic rings. The number of rotatable bonds is 16. The van der Waals surface area contributed by atoms with Crippen LogP contribution in [0.1, 0.15) is 110 Å². The highest BCUT2D eigenvalue weighted by atomic mass is 16.1. The molecule has 0 spiro atoms. The van der Waals surface area contributed by atoms with Crippen molar-refractivity contribution in [3.8, 4) is 0 Å². The molecule has 1 aliphatic heterocycles. The second-order valence-electron chi connectivity index (χ2n) is 7.99. The third-order valence-corrected chi connectivity index (χ3v) is 5.46. The van der Waals surface area contributed by atoms with Gasteiger partial charge in [0.1, 0.15) is 0 Å². The molecule has 1 amide bonds. The fraction of sp³-hybridized carbons (Fsp3) is 0.955. The molecule has 1 heterocycles. The zero-order valence-corrected chi connectivity index (χ0v) is 17.2. The summed E-state index contributed by atoms with van der Waals surface area (Å²) in [7, 11) is 0. The normalized spacial score (nSPS) is 16.2. The molecule has 1 fully saturated rings. The Morgan fingerprint density at radius 2 is 1.40 bits per heavy atom. The maximum absolute atomic E-state index is 12.3. The van der Waals surface area contributed by atoms with E-state index in [1.54, 1.807) is 0 Å². The van der Waals surface area contributed by atoms with Crippen LogP contribution in [0.15, 0.2) is 0 Å². The van der Waals surface area contributed by atoms with E-state index in [2.05, 4.69) is 24.1 Å². The van der Waals surface area contributed by atoms with Gasteiger partial charge >= 0.3 is 0 Å². The van der Waals surface area contributed by atoms with Crippen molar-refractivity contribution in [2.45, 2.75) is 116 Å². The summed E-state index contributed by atoms with van der Waals surface area (Å²) in [6.45, 7) is 8.01. The largest absolute Gasteiger partial charge is 0.352 e. The number of likely N-dealkylation sites (tertiary alicyclic amines) is 1. The third-order valence-electron chi connectivity index (χ3n) is 5.46. The van der Waals surface area contributed by atoms with Crippen LogP contribution in [0, 0.1) is 0 Å². The molecule has 3 heteroatoms. The van der Waals surface area contributed by atoms with Gasteiger partial charge in [-0.05, 0) is 38.8 Å². The van der Waals surface area contributed by atoms with Crippen LogP contribution >= 0.6 is 0 Å². The molecular weight excluding hydrogens is 308 g/mol. The van der Waals surface area contributed by atoms with Gasteiger partial charge < -0.3 is 10.2 Å². The number of carbonyl (C=O) groups is 1. The molecule has 1 rings (SSSR count). The van der Waals surface area contributed by atoms with Crippen molar-refractivity contribution in [1.29, 1.82) is 0 Å². The van der Waals surface area contributed by atoms with E-state index in [1.807, 2.05) is 0 Å². The van der Waals surface area contributed by atoms with Crippen molar-refractivity contribution in [2.24, 2.45) is 0 Å². The summed E-state index contributed by atoms with van der Waals surface area (Å²) >= 11 is 0. The molecule has 1 aliphatic rings. The first-order chi connectivity index (χ1) is 12.3. The molecule has 1 N–H and O–H groups in total. The molecule has 1 atom stereocenters. The van der Waals surface area contributed by atoms with Crippen molar-refractivity contribution < 1.29 is 4.79 Å². The first kappa shape index (κ1) is 22.5. The Labute approximate surface area is 157 Å². The van der Waals surface area contributed by atoms with Crippen LogP contribution in [0.4, 0.5) is 0 Å². The van der Waals surface area contributed by atoms with E-state index in [0.29, 0.717) is 6.04 Å². The molecule has 148 valence electrons. The van der Waals surface area contributed by atoms with E-state index in [-0.39, 0.29) is 5.91 Å². The SMILES string of the molecule is CCCCCCCCC(CN1CCCC1)NC(=O)CCCCCCC. The highest BCUT2D eigenvalue weighted by Gasteiger charge is 2.18. The van der Waals surface area contributed by atoms with Crippen LogP contribution < -0.4 is 5.32 Å². The molecule has 0 saturated carbocycles. The number of nitrogens with one attached hydrogen (secondary N) is 1. The summed E-state index contributed by atoms with van der Waals surface area (Å²) in [5.74, 6) is 0.284. The van der Waals surface area contributed by atoms with Crippen LogP contribution in [-0.4, -0.2) is 36.5 Å². The van der Waals surface area contributed by atoms with E-state index in [0.717, 1.165) is 25.8 Å². The average molecular weight is 353 g/mol. The van der Waals surface area contributed by atoms with E-state index < -0.39 is 0 Å². The molecule has 25 heavy (non-hydrogen) atoms. The maximum Gasteiger partial charge on any atom is 0.220 e. The third kappa shape index (κ3) is 12.4. The highest BCUT2D eigenvalue weighted by molar-refractivity contribution is 5.76. The first-order valence-corrected chi connectivity index (χ1v) is 11.3. The van der Waals surface area contributed by atoms with Crippen molar-refractivity contribution >= 4 is 5.91 Å². The van der Waals surface area contributed by atoms with Gasteiger partial charge in [-0.25, -0.2) is 0 Å². The smallest absolute Gasteiger partial charge is 0.220 e. The van der Waals surface area contributed by atoms with Crippen LogP contribution in [-0.2, 0) is 4.79 Å². The summed E-state index contributed by atoms with van der Waals surface area (Å²) in [5, 5.41) is 3.36. The van der Waals surface area contributed by atoms with Gasteiger partial charge in [-0.15, -0.1) is 0 Å². The van der Waals surface area contributed by atoms with Gasteiger partial charge in [0.05, 0.1) is 0 Å². The minimum Gasteiger partial charge on any atom is -0.352 e. The number of amides is 1. The monoisotopic (exact) mass is 352 g/mol. The van der Waals surface area contributed by atoms with Gasteiger partial charge in [-0.3, -0.25) is 4.79 Å². The van der Waals surface area contributed by atoms with E-state index in [4.69, 9.17) is 0 Å². The Hall–Kier alpha value is -0.570. The number of carbonyl (C=O) groups excluding carboxylic acids is 1. The lowest BCUT2D eigenvalue weighted by Crippen LogP contribution is -2.43. The van der Waals surface area contributed by atoms with E-state index >= 15 is 0 Å². The summed E-state index contributed by atoms with van der Waals surface area (Å²) in [4.78, 5) is 14.8. The predicted molar refractivity (Wildman–Crippen MR) is 109 cm³/mol. The van der Waals surface area contributed by atoms with Gasteiger partial charge in [0.2, 0.25) is 5.91 Å². The molecule has 3 nitrogen and oxygen atoms in total. The molecule has 0 bridgehead atoms. The molecule has 0 radical (unpaired) electrons. The quantitative estimate of drug-likeness (QED) is 0.363. The summed E-state index contributed by atoms with van der Waals surface area (Å²) in [6, 6.07) is 0.368. The number of nitrogens with zero attached hydrogens (tertiary/aromatic N) is 1. The van der Waals surface area contributed by atoms with Gasteiger partial charge in [-0.1, -0.05) is 78.1 Å². The number of hydrogen-bond acceptors (Lipinski definition) is 2. The van der Waals surface area contributed by atoms with Gasteiger partial charge in [0.25, 0.3) is 0 Å². The maximum atomic E-state index is 12.3. The second-order valence-corrected chi connectivity index (χ2v) is 7.99. The van der Waals surface area contributed by atoms with Crippen molar-refractivity contribution in [3.05, 3.63) is 0 Å². The lowest BCUT2D eigenvalue weighted by molar-refractivity contribution is -0.122. The van der Waals surface area contributed by atoms with Crippen LogP contribution in [0.5, 0.6) is 0 Å². The minimum atomic E-state index is 0.284. The van der Waals surface area contributed by atoms with Crippen molar-refractivity contribution in [3.63, 3.8) is 0 Å². The lowest BCUT2D eigenvalue weighted by atomic mass is 10.0. The summed E-state index contributed by atoms with van der Waals surface area (Å²) in [6.07, 6.45) is 18.6. The van der Waals surface area contributed by atoms with Crippen LogP contribution in [0.3, 0.4) is 0 Å². The summed E-state index contributed by atoms with van der Waals surface area (Å²) in [5.41, 5.74) is 0. The number of unbranched alkanes of at least 4 members (excludes halogenated alkanes) is 9. The van der Waals surface area contributed by atoms with Gasteiger partial charge in [-0.2, -0.15) is 0 Å². The van der Waals surface area contributed by atoms with Crippen LogP contribution in [0.25, 0.3) is 0 Å². The Balaban J connectivity index is 2.22. The topological polar surface area (TPSA) is 32.3 Å². The van der Waals surface area contributed by atoms with Gasteiger partial charge in [0.15, 0.2) is 0 Å². The van der Waals surface area contributed by atoms with E-state index in [9.17, 15) is 4.79 Å². The standard InChI is InChI=1S/C22H44N2O/c1-3-5-7-9-11-12-16-21(20-24-18-14-15-19-24)23-22(25)17-13-10-8-6-4-2/h21H,3-20H2,1-2H3,(H,23,25). The Morgan fingerprint density at radius 3 is 2.04 bits per heavy atom. The zero-order valence-electron chi connectivity index (χ0n) is 17.2. The highest BCUT2D eigenvalue weighted by Crippen LogP contribution is 2.13. The van der Waals surface area contributed by atoms with E-state index in [1.165, 1.54) is 90.1 Å². The molecule has 0 aromatic heterocycles. The fourth-order valence-electron chi connectivity index (χ4n) is 3.85. The average Bonchev–Trinajstić information content (AvgIpc) is 3.10. The fourth-order valence-corrected chi connectivity index (χ4v) is 3.85. The molecule has 0 aliphatic carbocycles. The number of hydrogen-bond donors (Lipinski definition) is 1. The molecule has 1 saturated heterocycles. The Bertz CT molecular complexity index is 313. The van der Waals surface area contributed by atoms with Crippen LogP contribution in [0.2, 0.25) is 0 Å². The second kappa shape index (κ2) is 15.7. The molecule has 0 aromatic carbocycles. The zero-order chi connectivity index (χ0) is 18.2. The Kier molecular flexibility index (Phi) is 14.1.